The molecule has 0 bridgehead atoms. The van der Waals surface area contributed by atoms with Crippen molar-refractivity contribution in [2.75, 3.05) is 11.6 Å². The average Bonchev–Trinajstić information content (AvgIpc) is 2.67. The highest BCUT2D eigenvalue weighted by atomic mass is 16.5. The zero-order chi connectivity index (χ0) is 18.5. The topological polar surface area (TPSA) is 102 Å². The zero-order valence-electron chi connectivity index (χ0n) is 14.2. The molecular formula is C19H21N3O4. The second kappa shape index (κ2) is 7.99. The molecule has 1 aliphatic carbocycles. The molecule has 1 atom stereocenters. The number of anilines is 1. The van der Waals surface area contributed by atoms with Gasteiger partial charge in [-0.25, -0.2) is 10.9 Å². The first-order valence-corrected chi connectivity index (χ1v) is 8.44. The quantitative estimate of drug-likeness (QED) is 0.465. The monoisotopic (exact) mass is 355 g/mol. The number of hydrogen-bond acceptors (Lipinski definition) is 5. The highest BCUT2D eigenvalue weighted by Crippen LogP contribution is 2.27. The van der Waals surface area contributed by atoms with Gasteiger partial charge in [-0.15, -0.1) is 0 Å². The molecule has 0 saturated carbocycles. The fourth-order valence-electron chi connectivity index (χ4n) is 3.32. The number of carbonyl (C=O) groups excluding carboxylic acids is 1. The molecule has 0 aromatic heterocycles. The number of aliphatic carboxylic acids is 1. The van der Waals surface area contributed by atoms with Crippen LogP contribution in [0.5, 0.6) is 0 Å². The molecule has 0 saturated heterocycles. The molecule has 0 heterocycles. The number of carbonyl (C=O) groups is 2. The van der Waals surface area contributed by atoms with Crippen LogP contribution >= 0.6 is 0 Å². The normalized spacial score (nSPS) is 15.8. The summed E-state index contributed by atoms with van der Waals surface area (Å²) in [6.07, 6.45) is 2.63. The predicted molar refractivity (Wildman–Crippen MR) is 96.1 cm³/mol. The van der Waals surface area contributed by atoms with Gasteiger partial charge in [0.05, 0.1) is 5.69 Å². The van der Waals surface area contributed by atoms with Crippen LogP contribution < -0.4 is 15.9 Å². The van der Waals surface area contributed by atoms with Crippen LogP contribution in [0.15, 0.2) is 48.5 Å². The zero-order valence-corrected chi connectivity index (χ0v) is 14.2. The molecule has 1 aliphatic rings. The number of fused-ring (bicyclic) bond motifs is 1. The summed E-state index contributed by atoms with van der Waals surface area (Å²) in [5.41, 5.74) is 8.27. The van der Waals surface area contributed by atoms with E-state index < -0.39 is 11.9 Å². The van der Waals surface area contributed by atoms with E-state index in [0.29, 0.717) is 5.56 Å². The van der Waals surface area contributed by atoms with E-state index in [0.717, 1.165) is 24.9 Å². The van der Waals surface area contributed by atoms with E-state index in [9.17, 15) is 9.59 Å². The first kappa shape index (κ1) is 17.9. The smallest absolute Gasteiger partial charge is 0.319 e. The largest absolute Gasteiger partial charge is 0.480 e. The lowest BCUT2D eigenvalue weighted by Crippen LogP contribution is -2.50. The number of amides is 1. The fraction of sp³-hybridized carbons (Fsp3) is 0.263. The average molecular weight is 355 g/mol. The lowest BCUT2D eigenvalue weighted by atomic mass is 9.88. The lowest BCUT2D eigenvalue weighted by molar-refractivity contribution is -0.136. The molecule has 0 radical (unpaired) electrons. The van der Waals surface area contributed by atoms with Gasteiger partial charge in [-0.1, -0.05) is 24.3 Å². The minimum atomic E-state index is -0.942. The lowest BCUT2D eigenvalue weighted by Gasteiger charge is -2.36. The molecule has 0 spiro atoms. The number of hydrogen-bond donors (Lipinski definition) is 4. The van der Waals surface area contributed by atoms with Gasteiger partial charge < -0.3 is 10.1 Å². The molecule has 4 N–H and O–H groups in total. The van der Waals surface area contributed by atoms with Crippen LogP contribution in [0, 0.1) is 0 Å². The Labute approximate surface area is 151 Å². The summed E-state index contributed by atoms with van der Waals surface area (Å²) in [6.45, 7) is -0.197. The first-order chi connectivity index (χ1) is 12.6. The number of nitrogens with zero attached hydrogens (tertiary/aromatic N) is 1. The van der Waals surface area contributed by atoms with Crippen molar-refractivity contribution in [2.45, 2.75) is 25.3 Å². The van der Waals surface area contributed by atoms with Crippen LogP contribution in [-0.4, -0.2) is 34.8 Å². The summed E-state index contributed by atoms with van der Waals surface area (Å²) < 4.78 is 0. The number of hydroxylamine groups is 1. The summed E-state index contributed by atoms with van der Waals surface area (Å²) in [5, 5.41) is 19.6. The number of nitrogens with one attached hydrogen (secondary N) is 2. The summed E-state index contributed by atoms with van der Waals surface area (Å²) in [4.78, 5) is 22.5. The third-order valence-corrected chi connectivity index (χ3v) is 4.60. The molecule has 26 heavy (non-hydrogen) atoms. The Kier molecular flexibility index (Phi) is 5.50. The van der Waals surface area contributed by atoms with Crippen molar-refractivity contribution in [2.24, 2.45) is 0 Å². The van der Waals surface area contributed by atoms with Gasteiger partial charge in [-0.2, -0.15) is 0 Å². The molecule has 7 heteroatoms. The molecule has 1 amide bonds. The summed E-state index contributed by atoms with van der Waals surface area (Å²) in [7, 11) is 0. The van der Waals surface area contributed by atoms with Gasteiger partial charge in [0.15, 0.2) is 0 Å². The molecule has 1 unspecified atom stereocenters. The third kappa shape index (κ3) is 4.01. The summed E-state index contributed by atoms with van der Waals surface area (Å²) >= 11 is 0. The van der Waals surface area contributed by atoms with E-state index in [2.05, 4.69) is 17.6 Å². The van der Waals surface area contributed by atoms with Crippen molar-refractivity contribution in [3.63, 3.8) is 0 Å². The molecule has 3 rings (SSSR count). The van der Waals surface area contributed by atoms with Gasteiger partial charge in [0.2, 0.25) is 0 Å². The highest BCUT2D eigenvalue weighted by molar-refractivity contribution is 5.93. The van der Waals surface area contributed by atoms with Gasteiger partial charge in [0.1, 0.15) is 6.54 Å². The Bertz CT molecular complexity index is 792. The van der Waals surface area contributed by atoms with E-state index in [-0.39, 0.29) is 12.6 Å². The molecule has 2 aromatic carbocycles. The molecular weight excluding hydrogens is 334 g/mol. The van der Waals surface area contributed by atoms with Crippen LogP contribution in [0.25, 0.3) is 0 Å². The maximum Gasteiger partial charge on any atom is 0.319 e. The second-order valence-electron chi connectivity index (χ2n) is 6.25. The van der Waals surface area contributed by atoms with Crippen molar-refractivity contribution < 1.29 is 19.9 Å². The number of carboxylic acids is 1. The number of carboxylic acid groups (broad SMARTS) is 1. The van der Waals surface area contributed by atoms with Gasteiger partial charge in [-0.05, 0) is 54.7 Å². The van der Waals surface area contributed by atoms with Gasteiger partial charge in [0, 0.05) is 11.6 Å². The number of benzene rings is 2. The fourth-order valence-corrected chi connectivity index (χ4v) is 3.32. The molecule has 2 aromatic rings. The van der Waals surface area contributed by atoms with Crippen LogP contribution in [0.4, 0.5) is 5.69 Å². The number of rotatable bonds is 6. The van der Waals surface area contributed by atoms with Gasteiger partial charge in [0.25, 0.3) is 5.91 Å². The molecule has 136 valence electrons. The van der Waals surface area contributed by atoms with Crippen molar-refractivity contribution >= 4 is 17.6 Å². The summed E-state index contributed by atoms with van der Waals surface area (Å²) in [5.74, 6) is -1.53. The van der Waals surface area contributed by atoms with Crippen LogP contribution in [0.1, 0.15) is 27.9 Å². The standard InChI is InChI=1S/C19H21N3O4/c23-18(24)12-20-22(16-8-6-14(7-9-16)19(25)21-26)17-10-5-13-3-1-2-4-15(13)11-17/h1-4,6-9,17,20,26H,5,10-12H2,(H,21,25)(H,23,24). The minimum Gasteiger partial charge on any atom is -0.480 e. The molecule has 0 aliphatic heterocycles. The second-order valence-corrected chi connectivity index (χ2v) is 6.25. The van der Waals surface area contributed by atoms with E-state index in [4.69, 9.17) is 10.3 Å². The molecule has 7 nitrogen and oxygen atoms in total. The number of aryl methyl sites for hydroxylation is 1. The Balaban J connectivity index is 1.83. The van der Waals surface area contributed by atoms with Crippen molar-refractivity contribution in [1.82, 2.24) is 10.9 Å². The Hall–Kier alpha value is -2.90. The van der Waals surface area contributed by atoms with E-state index in [1.807, 2.05) is 17.1 Å². The van der Waals surface area contributed by atoms with Crippen LogP contribution in [0.2, 0.25) is 0 Å². The van der Waals surface area contributed by atoms with Gasteiger partial charge in [-0.3, -0.25) is 14.8 Å². The minimum absolute atomic E-state index is 0.0989. The Morgan fingerprint density at radius 2 is 1.77 bits per heavy atom. The number of hydrazine groups is 1. The maximum absolute atomic E-state index is 11.5. The predicted octanol–water partition coefficient (Wildman–Crippen LogP) is 1.76. The maximum atomic E-state index is 11.5. The highest BCUT2D eigenvalue weighted by Gasteiger charge is 2.25. The van der Waals surface area contributed by atoms with Crippen molar-refractivity contribution in [1.29, 1.82) is 0 Å². The molecule has 0 fully saturated rings. The van der Waals surface area contributed by atoms with Crippen LogP contribution in [-0.2, 0) is 17.6 Å². The van der Waals surface area contributed by atoms with Crippen molar-refractivity contribution in [3.8, 4) is 0 Å². The Morgan fingerprint density at radius 1 is 1.08 bits per heavy atom. The van der Waals surface area contributed by atoms with E-state index in [1.165, 1.54) is 11.1 Å². The third-order valence-electron chi connectivity index (χ3n) is 4.60. The van der Waals surface area contributed by atoms with E-state index in [1.54, 1.807) is 29.7 Å². The van der Waals surface area contributed by atoms with Crippen LogP contribution in [0.3, 0.4) is 0 Å². The SMILES string of the molecule is O=C(O)CNN(c1ccc(C(=O)NO)cc1)C1CCc2ccccc2C1. The first-order valence-electron chi connectivity index (χ1n) is 8.44. The Morgan fingerprint density at radius 3 is 2.42 bits per heavy atom. The summed E-state index contributed by atoms with van der Waals surface area (Å²) in [6, 6.07) is 15.0. The van der Waals surface area contributed by atoms with E-state index >= 15 is 0 Å². The van der Waals surface area contributed by atoms with Crippen molar-refractivity contribution in [3.05, 3.63) is 65.2 Å². The van der Waals surface area contributed by atoms with Gasteiger partial charge >= 0.3 is 5.97 Å².